The molecule has 1 N–H and O–H groups in total. The highest BCUT2D eigenvalue weighted by atomic mass is 32.2. The first-order valence-corrected chi connectivity index (χ1v) is 9.49. The zero-order chi connectivity index (χ0) is 19.3. The predicted molar refractivity (Wildman–Crippen MR) is 96.2 cm³/mol. The van der Waals surface area contributed by atoms with Crippen molar-refractivity contribution in [2.75, 3.05) is 7.11 Å². The van der Waals surface area contributed by atoms with E-state index in [2.05, 4.69) is 4.98 Å². The van der Waals surface area contributed by atoms with E-state index >= 15 is 0 Å². The number of nitrogens with zero attached hydrogens (tertiary/aromatic N) is 2. The number of carboxylic acid groups (broad SMARTS) is 1. The molecule has 140 valence electrons. The van der Waals surface area contributed by atoms with Gasteiger partial charge in [0.15, 0.2) is 0 Å². The smallest absolute Gasteiger partial charge is 0.322 e. The Balaban J connectivity index is 2.51. The van der Waals surface area contributed by atoms with Gasteiger partial charge in [0.05, 0.1) is 12.0 Å². The first-order chi connectivity index (χ1) is 12.3. The number of methoxy groups -OCH3 is 1. The summed E-state index contributed by atoms with van der Waals surface area (Å²) in [5, 5.41) is 9.64. The van der Waals surface area contributed by atoms with E-state index in [4.69, 9.17) is 4.74 Å². The number of ether oxygens (including phenoxy) is 1. The van der Waals surface area contributed by atoms with E-state index in [-0.39, 0.29) is 11.4 Å². The standard InChI is InChI=1S/C18H22N2O5S/c1-13(2)17(18(21)22)20(12-14-5-4-10-19-11-14)26(23,24)16-8-6-15(25-3)7-9-16/h4-11,13,17H,12H2,1-3H3,(H,21,22)/t17-/m1/s1. The molecule has 0 fully saturated rings. The van der Waals surface area contributed by atoms with Crippen LogP contribution in [0.4, 0.5) is 0 Å². The van der Waals surface area contributed by atoms with Crippen LogP contribution in [0.15, 0.2) is 53.7 Å². The molecule has 0 aliphatic rings. The lowest BCUT2D eigenvalue weighted by atomic mass is 10.0. The van der Waals surface area contributed by atoms with Crippen molar-refractivity contribution in [2.24, 2.45) is 5.92 Å². The average molecular weight is 378 g/mol. The van der Waals surface area contributed by atoms with E-state index in [1.165, 1.54) is 37.6 Å². The second-order valence-corrected chi connectivity index (χ2v) is 8.00. The van der Waals surface area contributed by atoms with Gasteiger partial charge < -0.3 is 9.84 Å². The number of pyridine rings is 1. The molecule has 2 aromatic rings. The highest BCUT2D eigenvalue weighted by Crippen LogP contribution is 2.26. The third kappa shape index (κ3) is 4.39. The summed E-state index contributed by atoms with van der Waals surface area (Å²) in [6.07, 6.45) is 3.10. The number of rotatable bonds is 8. The summed E-state index contributed by atoms with van der Waals surface area (Å²) in [7, 11) is -2.56. The number of hydrogen-bond acceptors (Lipinski definition) is 5. The summed E-state index contributed by atoms with van der Waals surface area (Å²) < 4.78 is 32.4. The van der Waals surface area contributed by atoms with Gasteiger partial charge in [-0.3, -0.25) is 9.78 Å². The van der Waals surface area contributed by atoms with Crippen LogP contribution in [0.1, 0.15) is 19.4 Å². The summed E-state index contributed by atoms with van der Waals surface area (Å²) in [4.78, 5) is 15.8. The van der Waals surface area contributed by atoms with Crippen LogP contribution in [-0.2, 0) is 21.4 Å². The van der Waals surface area contributed by atoms with Gasteiger partial charge in [0.2, 0.25) is 10.0 Å². The van der Waals surface area contributed by atoms with Gasteiger partial charge in [-0.15, -0.1) is 0 Å². The molecule has 1 aromatic carbocycles. The maximum atomic E-state index is 13.2. The van der Waals surface area contributed by atoms with Crippen molar-refractivity contribution in [2.45, 2.75) is 31.3 Å². The molecule has 7 nitrogen and oxygen atoms in total. The number of aromatic nitrogens is 1. The van der Waals surface area contributed by atoms with Gasteiger partial charge in [0.1, 0.15) is 11.8 Å². The van der Waals surface area contributed by atoms with Gasteiger partial charge in [0.25, 0.3) is 0 Å². The molecule has 0 amide bonds. The maximum absolute atomic E-state index is 13.2. The average Bonchev–Trinajstić information content (AvgIpc) is 2.61. The summed E-state index contributed by atoms with van der Waals surface area (Å²) in [6, 6.07) is 8.05. The van der Waals surface area contributed by atoms with Crippen LogP contribution in [0.25, 0.3) is 0 Å². The molecular weight excluding hydrogens is 356 g/mol. The molecule has 1 heterocycles. The Labute approximate surface area is 153 Å². The van der Waals surface area contributed by atoms with E-state index in [1.807, 2.05) is 0 Å². The molecule has 2 rings (SSSR count). The first kappa shape index (κ1) is 19.9. The minimum absolute atomic E-state index is 0.00842. The Morgan fingerprint density at radius 1 is 1.23 bits per heavy atom. The lowest BCUT2D eigenvalue weighted by Gasteiger charge is -2.30. The minimum Gasteiger partial charge on any atom is -0.497 e. The van der Waals surface area contributed by atoms with Crippen LogP contribution in [0.2, 0.25) is 0 Å². The topological polar surface area (TPSA) is 96.8 Å². The number of carbonyl (C=O) groups is 1. The van der Waals surface area contributed by atoms with E-state index in [9.17, 15) is 18.3 Å². The van der Waals surface area contributed by atoms with Crippen LogP contribution in [-0.4, -0.2) is 41.9 Å². The van der Waals surface area contributed by atoms with Gasteiger partial charge in [0, 0.05) is 18.9 Å². The van der Waals surface area contributed by atoms with Gasteiger partial charge in [-0.25, -0.2) is 8.42 Å². The summed E-state index contributed by atoms with van der Waals surface area (Å²) in [5.41, 5.74) is 0.608. The molecule has 1 aromatic heterocycles. The zero-order valence-electron chi connectivity index (χ0n) is 14.9. The third-order valence-electron chi connectivity index (χ3n) is 3.92. The lowest BCUT2D eigenvalue weighted by molar-refractivity contribution is -0.143. The Morgan fingerprint density at radius 2 is 1.88 bits per heavy atom. The number of aliphatic carboxylic acids is 1. The summed E-state index contributed by atoms with van der Waals surface area (Å²) in [6.45, 7) is 3.27. The molecule has 0 bridgehead atoms. The molecule has 0 unspecified atom stereocenters. The lowest BCUT2D eigenvalue weighted by Crippen LogP contribution is -2.47. The number of sulfonamides is 1. The predicted octanol–water partition coefficient (Wildman–Crippen LogP) is 2.39. The highest BCUT2D eigenvalue weighted by molar-refractivity contribution is 7.89. The van der Waals surface area contributed by atoms with E-state index in [1.54, 1.807) is 32.2 Å². The van der Waals surface area contributed by atoms with E-state index < -0.39 is 28.0 Å². The molecule has 26 heavy (non-hydrogen) atoms. The summed E-state index contributed by atoms with van der Waals surface area (Å²) in [5.74, 6) is -1.10. The van der Waals surface area contributed by atoms with Crippen molar-refractivity contribution in [3.8, 4) is 5.75 Å². The summed E-state index contributed by atoms with van der Waals surface area (Å²) >= 11 is 0. The van der Waals surface area contributed by atoms with E-state index in [0.29, 0.717) is 11.3 Å². The Morgan fingerprint density at radius 3 is 2.35 bits per heavy atom. The van der Waals surface area contributed by atoms with Gasteiger partial charge in [-0.05, 0) is 41.8 Å². The molecule has 0 saturated carbocycles. The van der Waals surface area contributed by atoms with Crippen LogP contribution >= 0.6 is 0 Å². The molecule has 0 saturated heterocycles. The Bertz CT molecular complexity index is 836. The normalized spacial score (nSPS) is 13.0. The zero-order valence-corrected chi connectivity index (χ0v) is 15.7. The molecule has 8 heteroatoms. The van der Waals surface area contributed by atoms with Crippen molar-refractivity contribution in [1.82, 2.24) is 9.29 Å². The molecule has 1 atom stereocenters. The monoisotopic (exact) mass is 378 g/mol. The van der Waals surface area contributed by atoms with Gasteiger partial charge >= 0.3 is 5.97 Å². The van der Waals surface area contributed by atoms with Crippen molar-refractivity contribution in [3.05, 3.63) is 54.4 Å². The largest absolute Gasteiger partial charge is 0.497 e. The fraction of sp³-hybridized carbons (Fsp3) is 0.333. The van der Waals surface area contributed by atoms with Crippen LogP contribution in [0.3, 0.4) is 0 Å². The number of carboxylic acids is 1. The van der Waals surface area contributed by atoms with Crippen molar-refractivity contribution >= 4 is 16.0 Å². The Hall–Kier alpha value is -2.45. The van der Waals surface area contributed by atoms with Crippen LogP contribution in [0.5, 0.6) is 5.75 Å². The molecule has 0 spiro atoms. The molecule has 0 radical (unpaired) electrons. The third-order valence-corrected chi connectivity index (χ3v) is 5.76. The van der Waals surface area contributed by atoms with Gasteiger partial charge in [-0.2, -0.15) is 4.31 Å². The molecule has 0 aliphatic carbocycles. The number of benzene rings is 1. The Kier molecular flexibility index (Phi) is 6.33. The second kappa shape index (κ2) is 8.29. The fourth-order valence-corrected chi connectivity index (χ4v) is 4.33. The quantitative estimate of drug-likeness (QED) is 0.758. The van der Waals surface area contributed by atoms with Crippen molar-refractivity contribution in [1.29, 1.82) is 0 Å². The molecule has 0 aliphatic heterocycles. The first-order valence-electron chi connectivity index (χ1n) is 8.05. The van der Waals surface area contributed by atoms with Crippen molar-refractivity contribution < 1.29 is 23.1 Å². The SMILES string of the molecule is COc1ccc(S(=O)(=O)N(Cc2cccnc2)[C@@H](C(=O)O)C(C)C)cc1. The maximum Gasteiger partial charge on any atom is 0.322 e. The van der Waals surface area contributed by atoms with Crippen LogP contribution in [0, 0.1) is 5.92 Å². The fourth-order valence-electron chi connectivity index (χ4n) is 2.63. The van der Waals surface area contributed by atoms with Crippen LogP contribution < -0.4 is 4.74 Å². The second-order valence-electron chi connectivity index (χ2n) is 6.11. The van der Waals surface area contributed by atoms with Gasteiger partial charge in [-0.1, -0.05) is 19.9 Å². The van der Waals surface area contributed by atoms with E-state index in [0.717, 1.165) is 4.31 Å². The van der Waals surface area contributed by atoms with Crippen molar-refractivity contribution in [3.63, 3.8) is 0 Å². The highest BCUT2D eigenvalue weighted by Gasteiger charge is 2.38. The number of hydrogen-bond donors (Lipinski definition) is 1. The minimum atomic E-state index is -4.04. The molecular formula is C18H22N2O5S.